The fourth-order valence-corrected chi connectivity index (χ4v) is 4.63. The highest BCUT2D eigenvalue weighted by Gasteiger charge is 2.42. The Hall–Kier alpha value is -3.46. The molecule has 0 bridgehead atoms. The number of aryl methyl sites for hydroxylation is 1. The number of hydrogen-bond donors (Lipinski definition) is 0. The molecule has 2 aliphatic heterocycles. The van der Waals surface area contributed by atoms with Crippen molar-refractivity contribution in [2.24, 2.45) is 0 Å². The van der Waals surface area contributed by atoms with Crippen molar-refractivity contribution in [3.05, 3.63) is 96.6 Å². The van der Waals surface area contributed by atoms with E-state index in [4.69, 9.17) is 4.65 Å². The van der Waals surface area contributed by atoms with Gasteiger partial charge in [-0.25, -0.2) is 0 Å². The molecule has 28 heavy (non-hydrogen) atoms. The van der Waals surface area contributed by atoms with Crippen molar-refractivity contribution in [1.82, 2.24) is 0 Å². The molecule has 4 aromatic carbocycles. The zero-order chi connectivity index (χ0) is 18.7. The van der Waals surface area contributed by atoms with Gasteiger partial charge in [0.25, 0.3) is 0 Å². The lowest BCUT2D eigenvalue weighted by Gasteiger charge is -2.39. The minimum absolute atomic E-state index is 0.0864. The highest BCUT2D eigenvalue weighted by molar-refractivity contribution is 6.85. The standard InChI is InChI=1S/C25H18BNO/c1-17-9-7-16-23-24(17)19-12-8-15-22-25(19)26(28-23)20-13-5-6-14-21(20)27(22)18-10-3-2-4-11-18/h2-16H,1H3. The van der Waals surface area contributed by atoms with Crippen LogP contribution in [0.4, 0.5) is 17.1 Å². The highest BCUT2D eigenvalue weighted by Crippen LogP contribution is 2.43. The van der Waals surface area contributed by atoms with Gasteiger partial charge in [-0.05, 0) is 53.8 Å². The summed E-state index contributed by atoms with van der Waals surface area (Å²) in [6, 6.07) is 32.1. The first kappa shape index (κ1) is 15.6. The van der Waals surface area contributed by atoms with Gasteiger partial charge in [0, 0.05) is 28.1 Å². The van der Waals surface area contributed by atoms with Gasteiger partial charge in [0.2, 0.25) is 0 Å². The van der Waals surface area contributed by atoms with Crippen LogP contribution >= 0.6 is 0 Å². The highest BCUT2D eigenvalue weighted by atomic mass is 16.4. The predicted molar refractivity (Wildman–Crippen MR) is 117 cm³/mol. The van der Waals surface area contributed by atoms with Crippen molar-refractivity contribution < 1.29 is 4.65 Å². The van der Waals surface area contributed by atoms with Crippen LogP contribution in [0, 0.1) is 6.92 Å². The topological polar surface area (TPSA) is 12.5 Å². The molecular formula is C25H18BNO. The Morgan fingerprint density at radius 2 is 1.46 bits per heavy atom. The van der Waals surface area contributed by atoms with Crippen LogP contribution in [0.2, 0.25) is 0 Å². The lowest BCUT2D eigenvalue weighted by atomic mass is 9.49. The first-order valence-electron chi connectivity index (χ1n) is 9.66. The second kappa shape index (κ2) is 5.77. The van der Waals surface area contributed by atoms with E-state index in [1.54, 1.807) is 0 Å². The van der Waals surface area contributed by atoms with Crippen molar-refractivity contribution in [1.29, 1.82) is 0 Å². The molecule has 0 saturated carbocycles. The van der Waals surface area contributed by atoms with Crippen LogP contribution in [0.3, 0.4) is 0 Å². The van der Waals surface area contributed by atoms with E-state index in [0.29, 0.717) is 0 Å². The van der Waals surface area contributed by atoms with Gasteiger partial charge in [-0.2, -0.15) is 0 Å². The van der Waals surface area contributed by atoms with E-state index >= 15 is 0 Å². The normalized spacial score (nSPS) is 13.3. The summed E-state index contributed by atoms with van der Waals surface area (Å²) in [5.74, 6) is 0.970. The molecule has 0 N–H and O–H groups in total. The van der Waals surface area contributed by atoms with Gasteiger partial charge in [-0.3, -0.25) is 0 Å². The summed E-state index contributed by atoms with van der Waals surface area (Å²) in [5, 5.41) is 0. The molecule has 0 spiro atoms. The molecule has 0 unspecified atom stereocenters. The van der Waals surface area contributed by atoms with E-state index in [9.17, 15) is 0 Å². The summed E-state index contributed by atoms with van der Waals surface area (Å²) in [4.78, 5) is 2.36. The maximum atomic E-state index is 6.60. The molecule has 132 valence electrons. The summed E-state index contributed by atoms with van der Waals surface area (Å²) in [6.07, 6.45) is 0. The van der Waals surface area contributed by atoms with Crippen molar-refractivity contribution in [3.63, 3.8) is 0 Å². The summed E-state index contributed by atoms with van der Waals surface area (Å²) in [7, 11) is 0. The molecule has 2 nitrogen and oxygen atoms in total. The SMILES string of the molecule is Cc1cccc2c1-c1cccc3c1B(O2)c1ccccc1N3c1ccccc1. The van der Waals surface area contributed by atoms with Gasteiger partial charge >= 0.3 is 6.92 Å². The van der Waals surface area contributed by atoms with Gasteiger partial charge in [0.15, 0.2) is 0 Å². The van der Waals surface area contributed by atoms with Gasteiger partial charge in [-0.15, -0.1) is 0 Å². The van der Waals surface area contributed by atoms with Crippen LogP contribution < -0.4 is 20.5 Å². The van der Waals surface area contributed by atoms with Crippen molar-refractivity contribution in [2.75, 3.05) is 4.90 Å². The third kappa shape index (κ3) is 2.04. The van der Waals surface area contributed by atoms with E-state index in [1.807, 2.05) is 0 Å². The van der Waals surface area contributed by atoms with Gasteiger partial charge < -0.3 is 9.55 Å². The fraction of sp³-hybridized carbons (Fsp3) is 0.0400. The largest absolute Gasteiger partial charge is 0.551 e. The molecule has 0 atom stereocenters. The lowest BCUT2D eigenvalue weighted by molar-refractivity contribution is 0.589. The average molecular weight is 359 g/mol. The Morgan fingerprint density at radius 3 is 2.36 bits per heavy atom. The summed E-state index contributed by atoms with van der Waals surface area (Å²) >= 11 is 0. The minimum Gasteiger partial charge on any atom is -0.551 e. The Balaban J connectivity index is 1.71. The predicted octanol–water partition coefficient (Wildman–Crippen LogP) is 4.94. The molecule has 3 heteroatoms. The maximum Gasteiger partial charge on any atom is 0.431 e. The molecule has 0 radical (unpaired) electrons. The molecule has 0 fully saturated rings. The van der Waals surface area contributed by atoms with Crippen molar-refractivity contribution in [3.8, 4) is 16.9 Å². The molecule has 4 aromatic rings. The number of hydrogen-bond acceptors (Lipinski definition) is 2. The van der Waals surface area contributed by atoms with Crippen molar-refractivity contribution >= 4 is 34.9 Å². The van der Waals surface area contributed by atoms with Gasteiger partial charge in [-0.1, -0.05) is 60.7 Å². The van der Waals surface area contributed by atoms with Gasteiger partial charge in [0.1, 0.15) is 5.75 Å². The third-order valence-electron chi connectivity index (χ3n) is 5.81. The molecule has 2 aliphatic rings. The second-order valence-electron chi connectivity index (χ2n) is 7.41. The monoisotopic (exact) mass is 359 g/mol. The Kier molecular flexibility index (Phi) is 3.21. The van der Waals surface area contributed by atoms with E-state index in [2.05, 4.69) is 103 Å². The van der Waals surface area contributed by atoms with Crippen LogP contribution in [0.5, 0.6) is 5.75 Å². The quantitative estimate of drug-likeness (QED) is 0.446. The van der Waals surface area contributed by atoms with Crippen LogP contribution in [0.15, 0.2) is 91.0 Å². The third-order valence-corrected chi connectivity index (χ3v) is 5.81. The number of rotatable bonds is 1. The zero-order valence-corrected chi connectivity index (χ0v) is 15.6. The van der Waals surface area contributed by atoms with E-state index < -0.39 is 0 Å². The Bertz CT molecular complexity index is 1220. The lowest BCUT2D eigenvalue weighted by Crippen LogP contribution is -2.56. The summed E-state index contributed by atoms with van der Waals surface area (Å²) < 4.78 is 6.60. The Morgan fingerprint density at radius 1 is 0.714 bits per heavy atom. The van der Waals surface area contributed by atoms with Crippen molar-refractivity contribution in [2.45, 2.75) is 6.92 Å². The number of nitrogens with zero attached hydrogens (tertiary/aromatic N) is 1. The number of anilines is 3. The average Bonchev–Trinajstić information content (AvgIpc) is 2.75. The smallest absolute Gasteiger partial charge is 0.431 e. The molecule has 0 saturated heterocycles. The molecule has 0 aliphatic carbocycles. The molecular weight excluding hydrogens is 341 g/mol. The summed E-state index contributed by atoms with van der Waals surface area (Å²) in [6.45, 7) is 2.07. The number of fused-ring (bicyclic) bond motifs is 4. The van der Waals surface area contributed by atoms with Crippen LogP contribution in [-0.4, -0.2) is 6.92 Å². The van der Waals surface area contributed by atoms with E-state index in [1.165, 1.54) is 39.0 Å². The first-order valence-corrected chi connectivity index (χ1v) is 9.66. The number of para-hydroxylation sites is 2. The van der Waals surface area contributed by atoms with E-state index in [0.717, 1.165) is 11.4 Å². The molecule has 0 amide bonds. The second-order valence-corrected chi connectivity index (χ2v) is 7.41. The minimum atomic E-state index is -0.0864. The van der Waals surface area contributed by atoms with Crippen LogP contribution in [-0.2, 0) is 0 Å². The molecule has 0 aromatic heterocycles. The van der Waals surface area contributed by atoms with Gasteiger partial charge in [0.05, 0.1) is 0 Å². The Labute approximate surface area is 165 Å². The molecule has 2 heterocycles. The number of benzene rings is 4. The zero-order valence-electron chi connectivity index (χ0n) is 15.6. The fourth-order valence-electron chi connectivity index (χ4n) is 4.63. The first-order chi connectivity index (χ1) is 13.8. The molecule has 6 rings (SSSR count). The van der Waals surface area contributed by atoms with Crippen LogP contribution in [0.1, 0.15) is 5.56 Å². The van der Waals surface area contributed by atoms with Crippen LogP contribution in [0.25, 0.3) is 11.1 Å². The maximum absolute atomic E-state index is 6.60. The van der Waals surface area contributed by atoms with E-state index in [-0.39, 0.29) is 6.92 Å². The summed E-state index contributed by atoms with van der Waals surface area (Å²) in [5.41, 5.74) is 9.73.